The van der Waals surface area contributed by atoms with Gasteiger partial charge in [0.05, 0.1) is 17.7 Å². The summed E-state index contributed by atoms with van der Waals surface area (Å²) < 4.78 is 5.79. The number of aliphatic hydroxyl groups excluding tert-OH is 1. The van der Waals surface area contributed by atoms with E-state index < -0.39 is 11.7 Å². The van der Waals surface area contributed by atoms with Gasteiger partial charge in [-0.15, -0.1) is 0 Å². The van der Waals surface area contributed by atoms with Gasteiger partial charge in [-0.05, 0) is 44.7 Å². The maximum Gasteiger partial charge on any atom is 0.259 e. The lowest BCUT2D eigenvalue weighted by atomic mass is 9.79. The maximum absolute atomic E-state index is 13.2. The second-order valence-corrected chi connectivity index (χ2v) is 7.54. The van der Waals surface area contributed by atoms with E-state index in [4.69, 9.17) is 4.74 Å². The Morgan fingerprint density at radius 1 is 1.38 bits per heavy atom. The lowest BCUT2D eigenvalue weighted by Gasteiger charge is -2.42. The second kappa shape index (κ2) is 6.21. The van der Waals surface area contributed by atoms with Gasteiger partial charge in [-0.25, -0.2) is 0 Å². The van der Waals surface area contributed by atoms with Crippen LogP contribution in [0.3, 0.4) is 0 Å². The summed E-state index contributed by atoms with van der Waals surface area (Å²) in [6, 6.07) is 5.38. The predicted molar refractivity (Wildman–Crippen MR) is 98.3 cm³/mol. The molecule has 1 amide bonds. The molecule has 1 aliphatic heterocycles. The normalized spacial score (nSPS) is 28.3. The lowest BCUT2D eigenvalue weighted by molar-refractivity contribution is -0.0824. The number of hydrogen-bond acceptors (Lipinski definition) is 4. The number of aliphatic hydroxyl groups is 1. The molecule has 0 bridgehead atoms. The molecule has 0 radical (unpaired) electrons. The molecule has 6 heteroatoms. The number of benzene rings is 1. The molecule has 2 fully saturated rings. The summed E-state index contributed by atoms with van der Waals surface area (Å²) in [5, 5.41) is 10.6. The van der Waals surface area contributed by atoms with Gasteiger partial charge >= 0.3 is 0 Å². The zero-order chi connectivity index (χ0) is 18.5. The van der Waals surface area contributed by atoms with Crippen molar-refractivity contribution < 1.29 is 14.6 Å². The van der Waals surface area contributed by atoms with Gasteiger partial charge in [0.25, 0.3) is 5.91 Å². The highest BCUT2D eigenvalue weighted by Gasteiger charge is 2.52. The van der Waals surface area contributed by atoms with E-state index in [-0.39, 0.29) is 22.9 Å². The minimum atomic E-state index is -0.436. The van der Waals surface area contributed by atoms with Crippen LogP contribution in [-0.4, -0.2) is 52.3 Å². The number of carbonyl (C=O) groups excluding carboxylic acids is 1. The van der Waals surface area contributed by atoms with Gasteiger partial charge in [0.1, 0.15) is 5.56 Å². The van der Waals surface area contributed by atoms with E-state index in [1.165, 1.54) is 6.20 Å². The highest BCUT2D eigenvalue weighted by atomic mass is 16.5. The van der Waals surface area contributed by atoms with Crippen LogP contribution in [0, 0.1) is 6.92 Å². The summed E-state index contributed by atoms with van der Waals surface area (Å²) in [4.78, 5) is 30.9. The number of hydrogen-bond donors (Lipinski definition) is 2. The zero-order valence-corrected chi connectivity index (χ0v) is 15.1. The summed E-state index contributed by atoms with van der Waals surface area (Å²) >= 11 is 0. The number of amides is 1. The number of H-pyrrole nitrogens is 1. The van der Waals surface area contributed by atoms with Gasteiger partial charge in [-0.1, -0.05) is 11.6 Å². The van der Waals surface area contributed by atoms with E-state index in [0.717, 1.165) is 23.9 Å². The molecule has 138 valence electrons. The maximum atomic E-state index is 13.2. The number of methoxy groups -OCH3 is 1. The van der Waals surface area contributed by atoms with Crippen LogP contribution in [0.4, 0.5) is 0 Å². The fourth-order valence-electron chi connectivity index (χ4n) is 4.57. The highest BCUT2D eigenvalue weighted by molar-refractivity contribution is 5.97. The first-order valence-corrected chi connectivity index (χ1v) is 9.11. The molecule has 2 aromatic rings. The number of fused-ring (bicyclic) bond motifs is 2. The standard InChI is InChI=1S/C20H24N2O4/c1-12-3-4-16-14(9-12)18(24)15(11-21-16)19(25)22-8-7-20(26-2)6-5-13(23)10-17(20)22/h3-4,9,11,13,17,23H,5-8,10H2,1-2H3,(H,21,24)/t13-,17+,20-/m1/s1. The first-order valence-electron chi connectivity index (χ1n) is 9.11. The molecule has 2 heterocycles. The number of likely N-dealkylation sites (tertiary alicyclic amines) is 1. The quantitative estimate of drug-likeness (QED) is 0.862. The third-order valence-corrected chi connectivity index (χ3v) is 6.09. The molecule has 1 saturated heterocycles. The Labute approximate surface area is 151 Å². The summed E-state index contributed by atoms with van der Waals surface area (Å²) in [7, 11) is 1.67. The van der Waals surface area contributed by atoms with Crippen LogP contribution in [0.1, 0.15) is 41.6 Å². The zero-order valence-electron chi connectivity index (χ0n) is 15.1. The smallest absolute Gasteiger partial charge is 0.259 e. The Kier molecular flexibility index (Phi) is 4.12. The second-order valence-electron chi connectivity index (χ2n) is 7.54. The van der Waals surface area contributed by atoms with E-state index >= 15 is 0 Å². The molecular formula is C20H24N2O4. The van der Waals surface area contributed by atoms with Crippen LogP contribution >= 0.6 is 0 Å². The van der Waals surface area contributed by atoms with Gasteiger partial charge in [0, 0.05) is 30.8 Å². The van der Waals surface area contributed by atoms with Gasteiger partial charge < -0.3 is 19.7 Å². The van der Waals surface area contributed by atoms with Crippen molar-refractivity contribution >= 4 is 16.8 Å². The molecule has 1 saturated carbocycles. The topological polar surface area (TPSA) is 82.6 Å². The Morgan fingerprint density at radius 3 is 2.96 bits per heavy atom. The number of nitrogens with one attached hydrogen (secondary N) is 1. The van der Waals surface area contributed by atoms with Crippen LogP contribution in [0.25, 0.3) is 10.9 Å². The predicted octanol–water partition coefficient (Wildman–Crippen LogP) is 1.98. The number of carbonyl (C=O) groups is 1. The average Bonchev–Trinajstić information content (AvgIpc) is 3.01. The van der Waals surface area contributed by atoms with Gasteiger partial charge in [-0.2, -0.15) is 0 Å². The first-order chi connectivity index (χ1) is 12.4. The molecule has 4 rings (SSSR count). The van der Waals surface area contributed by atoms with Crippen LogP contribution < -0.4 is 5.43 Å². The van der Waals surface area contributed by atoms with Gasteiger partial charge in [0.15, 0.2) is 0 Å². The third-order valence-electron chi connectivity index (χ3n) is 6.09. The van der Waals surface area contributed by atoms with E-state index in [1.807, 2.05) is 19.1 Å². The van der Waals surface area contributed by atoms with Crippen molar-refractivity contribution in [3.8, 4) is 0 Å². The highest BCUT2D eigenvalue weighted by Crippen LogP contribution is 2.42. The Balaban J connectivity index is 1.73. The van der Waals surface area contributed by atoms with Crippen molar-refractivity contribution in [2.75, 3.05) is 13.7 Å². The molecule has 26 heavy (non-hydrogen) atoms. The van der Waals surface area contributed by atoms with Crippen LogP contribution in [-0.2, 0) is 4.74 Å². The number of aryl methyl sites for hydroxylation is 1. The monoisotopic (exact) mass is 356 g/mol. The largest absolute Gasteiger partial charge is 0.393 e. The van der Waals surface area contributed by atoms with E-state index in [0.29, 0.717) is 24.8 Å². The first kappa shape index (κ1) is 17.2. The minimum absolute atomic E-state index is 0.148. The molecule has 6 nitrogen and oxygen atoms in total. The van der Waals surface area contributed by atoms with Crippen molar-refractivity contribution in [3.63, 3.8) is 0 Å². The van der Waals surface area contributed by atoms with E-state index in [1.54, 1.807) is 18.1 Å². The SMILES string of the molecule is CO[C@@]12CC[C@@H](O)C[C@@H]1N(C(=O)c1c[nH]c3ccc(C)cc3c1=O)CC2. The molecular weight excluding hydrogens is 332 g/mol. The Hall–Kier alpha value is -2.18. The van der Waals surface area contributed by atoms with Crippen molar-refractivity contribution in [1.29, 1.82) is 0 Å². The molecule has 0 unspecified atom stereocenters. The average molecular weight is 356 g/mol. The number of aromatic nitrogens is 1. The van der Waals surface area contributed by atoms with Crippen molar-refractivity contribution in [1.82, 2.24) is 9.88 Å². The van der Waals surface area contributed by atoms with Crippen LogP contribution in [0.5, 0.6) is 0 Å². The summed E-state index contributed by atoms with van der Waals surface area (Å²) in [5.41, 5.74) is 1.18. The summed E-state index contributed by atoms with van der Waals surface area (Å²) in [6.45, 7) is 2.46. The van der Waals surface area contributed by atoms with Crippen molar-refractivity contribution in [3.05, 3.63) is 45.7 Å². The minimum Gasteiger partial charge on any atom is -0.393 e. The van der Waals surface area contributed by atoms with Gasteiger partial charge in [0.2, 0.25) is 5.43 Å². The molecule has 1 aliphatic carbocycles. The van der Waals surface area contributed by atoms with E-state index in [9.17, 15) is 14.7 Å². The Morgan fingerprint density at radius 2 is 2.19 bits per heavy atom. The molecule has 1 aromatic heterocycles. The fourth-order valence-corrected chi connectivity index (χ4v) is 4.57. The molecule has 3 atom stereocenters. The van der Waals surface area contributed by atoms with E-state index in [2.05, 4.69) is 4.98 Å². The fraction of sp³-hybridized carbons (Fsp3) is 0.500. The summed E-state index contributed by atoms with van der Waals surface area (Å²) in [6.07, 6.45) is 3.71. The number of nitrogens with zero attached hydrogens (tertiary/aromatic N) is 1. The van der Waals surface area contributed by atoms with Crippen molar-refractivity contribution in [2.24, 2.45) is 0 Å². The lowest BCUT2D eigenvalue weighted by Crippen LogP contribution is -2.53. The number of aromatic amines is 1. The molecule has 2 aliphatic rings. The number of ether oxygens (including phenoxy) is 1. The third kappa shape index (κ3) is 2.56. The molecule has 1 aromatic carbocycles. The number of pyridine rings is 1. The molecule has 0 spiro atoms. The van der Waals surface area contributed by atoms with Gasteiger partial charge in [-0.3, -0.25) is 9.59 Å². The van der Waals surface area contributed by atoms with Crippen molar-refractivity contribution in [2.45, 2.75) is 50.4 Å². The number of rotatable bonds is 2. The summed E-state index contributed by atoms with van der Waals surface area (Å²) in [5.74, 6) is -0.285. The van der Waals surface area contributed by atoms with Crippen LogP contribution in [0.2, 0.25) is 0 Å². The molecule has 2 N–H and O–H groups in total. The van der Waals surface area contributed by atoms with Crippen LogP contribution in [0.15, 0.2) is 29.2 Å². The Bertz CT molecular complexity index is 922.